The van der Waals surface area contributed by atoms with E-state index >= 15 is 0 Å². The lowest BCUT2D eigenvalue weighted by atomic mass is 10.4. The molecule has 0 atom stereocenters. The molecule has 0 saturated carbocycles. The summed E-state index contributed by atoms with van der Waals surface area (Å²) in [6.07, 6.45) is 0. The third-order valence-corrected chi connectivity index (χ3v) is 4.57. The van der Waals surface area contributed by atoms with Gasteiger partial charge in [-0.3, -0.25) is 4.90 Å². The average molecular weight is 331 g/mol. The molecular formula is C13H23ClN6S. The number of aromatic nitrogens is 3. The van der Waals surface area contributed by atoms with Crippen LogP contribution in [-0.2, 0) is 0 Å². The maximum atomic E-state index is 5.99. The van der Waals surface area contributed by atoms with Crippen molar-refractivity contribution in [2.45, 2.75) is 13.8 Å². The van der Waals surface area contributed by atoms with Gasteiger partial charge < -0.3 is 10.2 Å². The number of thioether (sulfide) groups is 1. The van der Waals surface area contributed by atoms with Crippen molar-refractivity contribution < 1.29 is 0 Å². The fourth-order valence-corrected chi connectivity index (χ4v) is 3.35. The van der Waals surface area contributed by atoms with Crippen molar-refractivity contribution in [1.29, 1.82) is 0 Å². The molecule has 1 aromatic heterocycles. The minimum absolute atomic E-state index is 0.240. The van der Waals surface area contributed by atoms with Gasteiger partial charge in [0.2, 0.25) is 17.2 Å². The van der Waals surface area contributed by atoms with Crippen LogP contribution in [0.1, 0.15) is 13.8 Å². The molecule has 0 aliphatic carbocycles. The summed E-state index contributed by atoms with van der Waals surface area (Å²) in [5, 5.41) is 3.49. The van der Waals surface area contributed by atoms with Gasteiger partial charge in [-0.2, -0.15) is 26.7 Å². The SMILES string of the molecule is CCN(CC)c1nc(Cl)nc(NCCN2CCSCC2)n1. The van der Waals surface area contributed by atoms with Crippen molar-refractivity contribution in [3.8, 4) is 0 Å². The summed E-state index contributed by atoms with van der Waals surface area (Å²) >= 11 is 8.02. The van der Waals surface area contributed by atoms with Gasteiger partial charge in [0.25, 0.3) is 0 Å². The predicted octanol–water partition coefficient (Wildman–Crippen LogP) is 1.83. The number of hydrogen-bond donors (Lipinski definition) is 1. The Morgan fingerprint density at radius 2 is 1.90 bits per heavy atom. The van der Waals surface area contributed by atoms with E-state index in [1.165, 1.54) is 11.5 Å². The van der Waals surface area contributed by atoms with E-state index in [2.05, 4.69) is 43.9 Å². The van der Waals surface area contributed by atoms with E-state index in [9.17, 15) is 0 Å². The number of anilines is 2. The Labute approximate surface area is 135 Å². The van der Waals surface area contributed by atoms with Crippen LogP contribution in [0.15, 0.2) is 0 Å². The maximum absolute atomic E-state index is 5.99. The molecule has 0 amide bonds. The zero-order valence-corrected chi connectivity index (χ0v) is 14.3. The van der Waals surface area contributed by atoms with Gasteiger partial charge in [-0.05, 0) is 25.4 Å². The van der Waals surface area contributed by atoms with Crippen LogP contribution >= 0.6 is 23.4 Å². The molecule has 1 N–H and O–H groups in total. The first-order valence-electron chi connectivity index (χ1n) is 7.43. The fourth-order valence-electron chi connectivity index (χ4n) is 2.22. The Morgan fingerprint density at radius 3 is 2.57 bits per heavy atom. The lowest BCUT2D eigenvalue weighted by Crippen LogP contribution is -2.36. The molecule has 6 nitrogen and oxygen atoms in total. The van der Waals surface area contributed by atoms with Crippen LogP contribution < -0.4 is 10.2 Å². The number of nitrogens with zero attached hydrogens (tertiary/aromatic N) is 5. The summed E-state index contributed by atoms with van der Waals surface area (Å²) < 4.78 is 0. The van der Waals surface area contributed by atoms with Gasteiger partial charge in [-0.1, -0.05) is 0 Å². The average Bonchev–Trinajstić information content (AvgIpc) is 2.49. The Balaban J connectivity index is 1.90. The van der Waals surface area contributed by atoms with Crippen LogP contribution in [0.3, 0.4) is 0 Å². The van der Waals surface area contributed by atoms with E-state index in [0.717, 1.165) is 39.3 Å². The zero-order chi connectivity index (χ0) is 15.1. The van der Waals surface area contributed by atoms with E-state index in [-0.39, 0.29) is 5.28 Å². The summed E-state index contributed by atoms with van der Waals surface area (Å²) in [5.74, 6) is 3.65. The molecule has 1 aliphatic rings. The van der Waals surface area contributed by atoms with Crippen molar-refractivity contribution in [1.82, 2.24) is 19.9 Å². The van der Waals surface area contributed by atoms with Gasteiger partial charge in [0.1, 0.15) is 0 Å². The highest BCUT2D eigenvalue weighted by atomic mass is 35.5. The van der Waals surface area contributed by atoms with Crippen LogP contribution in [0, 0.1) is 0 Å². The Hall–Kier alpha value is -0.790. The van der Waals surface area contributed by atoms with Crippen LogP contribution in [0.2, 0.25) is 5.28 Å². The molecule has 2 heterocycles. The quantitative estimate of drug-likeness (QED) is 0.818. The molecule has 1 aromatic rings. The summed E-state index contributed by atoms with van der Waals surface area (Å²) in [6.45, 7) is 9.99. The second-order valence-electron chi connectivity index (χ2n) is 4.78. The van der Waals surface area contributed by atoms with Gasteiger partial charge in [0.05, 0.1) is 0 Å². The highest BCUT2D eigenvalue weighted by Crippen LogP contribution is 2.13. The number of hydrogen-bond acceptors (Lipinski definition) is 7. The van der Waals surface area contributed by atoms with E-state index in [4.69, 9.17) is 11.6 Å². The third kappa shape index (κ3) is 5.16. The highest BCUT2D eigenvalue weighted by Gasteiger charge is 2.12. The van der Waals surface area contributed by atoms with Gasteiger partial charge in [-0.15, -0.1) is 0 Å². The summed E-state index contributed by atoms with van der Waals surface area (Å²) in [4.78, 5) is 17.3. The second kappa shape index (κ2) is 8.60. The monoisotopic (exact) mass is 330 g/mol. The molecule has 8 heteroatoms. The third-order valence-electron chi connectivity index (χ3n) is 3.46. The molecular weight excluding hydrogens is 308 g/mol. The topological polar surface area (TPSA) is 57.2 Å². The predicted molar refractivity (Wildman–Crippen MR) is 90.7 cm³/mol. The first kappa shape index (κ1) is 16.6. The standard InChI is InChI=1S/C13H23ClN6S/c1-3-20(4-2)13-17-11(14)16-12(18-13)15-5-6-19-7-9-21-10-8-19/h3-10H2,1-2H3,(H,15,16,17,18). The van der Waals surface area contributed by atoms with Crippen molar-refractivity contribution in [2.24, 2.45) is 0 Å². The lowest BCUT2D eigenvalue weighted by molar-refractivity contribution is 0.314. The first-order valence-corrected chi connectivity index (χ1v) is 8.96. The van der Waals surface area contributed by atoms with Crippen LogP contribution in [0.25, 0.3) is 0 Å². The number of halogens is 1. The van der Waals surface area contributed by atoms with Crippen molar-refractivity contribution in [2.75, 3.05) is 61.0 Å². The van der Waals surface area contributed by atoms with Crippen molar-refractivity contribution in [3.63, 3.8) is 0 Å². The first-order chi connectivity index (χ1) is 10.2. The molecule has 1 fully saturated rings. The van der Waals surface area contributed by atoms with Gasteiger partial charge in [0.15, 0.2) is 0 Å². The lowest BCUT2D eigenvalue weighted by Gasteiger charge is -2.26. The number of rotatable bonds is 7. The smallest absolute Gasteiger partial charge is 0.231 e. The Morgan fingerprint density at radius 1 is 1.19 bits per heavy atom. The Kier molecular flexibility index (Phi) is 6.79. The summed E-state index contributed by atoms with van der Waals surface area (Å²) in [5.41, 5.74) is 0. The van der Waals surface area contributed by atoms with Gasteiger partial charge in [-0.25, -0.2) is 0 Å². The van der Waals surface area contributed by atoms with E-state index in [1.54, 1.807) is 0 Å². The highest BCUT2D eigenvalue weighted by molar-refractivity contribution is 7.99. The van der Waals surface area contributed by atoms with Crippen LogP contribution in [0.5, 0.6) is 0 Å². The molecule has 0 spiro atoms. The maximum Gasteiger partial charge on any atom is 0.231 e. The molecule has 0 radical (unpaired) electrons. The molecule has 118 valence electrons. The van der Waals surface area contributed by atoms with Crippen LogP contribution in [0.4, 0.5) is 11.9 Å². The van der Waals surface area contributed by atoms with Gasteiger partial charge >= 0.3 is 0 Å². The fraction of sp³-hybridized carbons (Fsp3) is 0.769. The molecule has 0 aromatic carbocycles. The van der Waals surface area contributed by atoms with E-state index in [1.807, 2.05) is 11.8 Å². The Bertz CT molecular complexity index is 437. The molecule has 2 rings (SSSR count). The summed E-state index contributed by atoms with van der Waals surface area (Å²) in [6, 6.07) is 0. The zero-order valence-electron chi connectivity index (χ0n) is 12.7. The summed E-state index contributed by atoms with van der Waals surface area (Å²) in [7, 11) is 0. The molecule has 21 heavy (non-hydrogen) atoms. The largest absolute Gasteiger partial charge is 0.353 e. The number of nitrogens with one attached hydrogen (secondary N) is 1. The van der Waals surface area contributed by atoms with Crippen molar-refractivity contribution in [3.05, 3.63) is 5.28 Å². The second-order valence-corrected chi connectivity index (χ2v) is 6.34. The minimum Gasteiger partial charge on any atom is -0.353 e. The molecule has 1 saturated heterocycles. The van der Waals surface area contributed by atoms with E-state index < -0.39 is 0 Å². The molecule has 0 bridgehead atoms. The van der Waals surface area contributed by atoms with Gasteiger partial charge in [0, 0.05) is 50.8 Å². The minimum atomic E-state index is 0.240. The molecule has 0 unspecified atom stereocenters. The van der Waals surface area contributed by atoms with Crippen LogP contribution in [-0.4, -0.2) is 70.6 Å². The van der Waals surface area contributed by atoms with Crippen molar-refractivity contribution >= 4 is 35.3 Å². The molecule has 1 aliphatic heterocycles. The van der Waals surface area contributed by atoms with E-state index in [0.29, 0.717) is 11.9 Å². The normalized spacial score (nSPS) is 16.0.